The van der Waals surface area contributed by atoms with Gasteiger partial charge in [0.2, 0.25) is 0 Å². The minimum absolute atomic E-state index is 0.0668. The van der Waals surface area contributed by atoms with E-state index >= 15 is 0 Å². The van der Waals surface area contributed by atoms with Crippen LogP contribution in [0.15, 0.2) is 11.1 Å². The average molecular weight is 523 g/mol. The van der Waals surface area contributed by atoms with E-state index < -0.39 is 5.41 Å². The molecule has 0 aliphatic heterocycles. The number of methoxy groups -OCH3 is 2. The Balaban J connectivity index is 1.90. The Hall–Kier alpha value is -1.28. The highest BCUT2D eigenvalue weighted by Crippen LogP contribution is 2.54. The van der Waals surface area contributed by atoms with Crippen LogP contribution in [0.3, 0.4) is 0 Å². The Bertz CT molecular complexity index is 774. The molecule has 0 amide bonds. The maximum Gasteiger partial charge on any atom is 0.308 e. The van der Waals surface area contributed by atoms with Gasteiger partial charge in [-0.3, -0.25) is 9.59 Å². The summed E-state index contributed by atoms with van der Waals surface area (Å²) in [6.45, 7) is 13.9. The van der Waals surface area contributed by atoms with Gasteiger partial charge in [-0.1, -0.05) is 38.3 Å². The van der Waals surface area contributed by atoms with E-state index in [-0.39, 0.29) is 23.3 Å². The van der Waals surface area contributed by atoms with Gasteiger partial charge in [-0.05, 0) is 72.0 Å². The van der Waals surface area contributed by atoms with Gasteiger partial charge in [0.25, 0.3) is 0 Å². The Morgan fingerprint density at radius 1 is 1.16 bits per heavy atom. The molecule has 1 fully saturated rings. The molecule has 0 saturated heterocycles. The molecule has 0 aromatic carbocycles. The molecule has 1 saturated carbocycles. The molecule has 0 aromatic rings. The second-order valence-corrected chi connectivity index (χ2v) is 12.1. The molecule has 0 aromatic heterocycles. The van der Waals surface area contributed by atoms with Crippen LogP contribution in [-0.2, 0) is 23.8 Å². The first-order valence-electron chi connectivity index (χ1n) is 14.4. The molecule has 3 aliphatic carbocycles. The van der Waals surface area contributed by atoms with Crippen LogP contribution in [0.5, 0.6) is 0 Å². The number of carbonyl (C=O) groups is 2. The van der Waals surface area contributed by atoms with Gasteiger partial charge in [-0.15, -0.1) is 0 Å². The van der Waals surface area contributed by atoms with Crippen molar-refractivity contribution in [3.05, 3.63) is 11.1 Å². The molecular weight excluding hydrogens is 468 g/mol. The van der Waals surface area contributed by atoms with E-state index in [1.807, 2.05) is 20.8 Å². The number of hydrogen-bond donors (Lipinski definition) is 1. The Kier molecular flexibility index (Phi) is 12.7. The number of fused-ring (bicyclic) bond motifs is 2. The zero-order valence-corrected chi connectivity index (χ0v) is 24.9. The lowest BCUT2D eigenvalue weighted by Crippen LogP contribution is -2.53. The summed E-state index contributed by atoms with van der Waals surface area (Å²) in [5.74, 6) is 0.826. The molecule has 1 N–H and O–H groups in total. The van der Waals surface area contributed by atoms with Gasteiger partial charge in [0.1, 0.15) is 5.60 Å². The van der Waals surface area contributed by atoms with Crippen molar-refractivity contribution in [2.24, 2.45) is 23.2 Å². The van der Waals surface area contributed by atoms with Crippen molar-refractivity contribution in [3.8, 4) is 0 Å². The normalized spacial score (nSPS) is 23.8. The van der Waals surface area contributed by atoms with E-state index in [0.29, 0.717) is 31.6 Å². The van der Waals surface area contributed by atoms with Crippen molar-refractivity contribution >= 4 is 11.8 Å². The molecule has 7 nitrogen and oxygen atoms in total. The first kappa shape index (κ1) is 31.9. The average Bonchev–Trinajstić information content (AvgIpc) is 2.85. The smallest absolute Gasteiger partial charge is 0.308 e. The number of allylic oxidation sites excluding steroid dienone is 1. The van der Waals surface area contributed by atoms with E-state index in [0.717, 1.165) is 45.3 Å². The molecule has 0 radical (unpaired) electrons. The molecule has 3 atom stereocenters. The van der Waals surface area contributed by atoms with E-state index in [2.05, 4.69) is 31.1 Å². The predicted molar refractivity (Wildman–Crippen MR) is 149 cm³/mol. The number of ketones is 1. The summed E-state index contributed by atoms with van der Waals surface area (Å²) in [6.07, 6.45) is 7.50. The highest BCUT2D eigenvalue weighted by molar-refractivity contribution is 5.86. The highest BCUT2D eigenvalue weighted by Gasteiger charge is 2.52. The fourth-order valence-electron chi connectivity index (χ4n) is 6.40. The molecule has 214 valence electrons. The predicted octanol–water partition coefficient (Wildman–Crippen LogP) is 4.64. The summed E-state index contributed by atoms with van der Waals surface area (Å²) in [5, 5.41) is 3.30. The van der Waals surface area contributed by atoms with E-state index in [9.17, 15) is 9.59 Å². The minimum atomic E-state index is -0.627. The van der Waals surface area contributed by atoms with Gasteiger partial charge in [-0.25, -0.2) is 0 Å². The Morgan fingerprint density at radius 3 is 2.41 bits per heavy atom. The van der Waals surface area contributed by atoms with Gasteiger partial charge >= 0.3 is 5.97 Å². The van der Waals surface area contributed by atoms with Gasteiger partial charge in [0, 0.05) is 33.1 Å². The summed E-state index contributed by atoms with van der Waals surface area (Å²) < 4.78 is 16.9. The largest absolute Gasteiger partial charge is 0.458 e. The minimum Gasteiger partial charge on any atom is -0.458 e. The van der Waals surface area contributed by atoms with Crippen LogP contribution in [0.4, 0.5) is 0 Å². The molecule has 37 heavy (non-hydrogen) atoms. The summed E-state index contributed by atoms with van der Waals surface area (Å²) in [4.78, 5) is 27.8. The second-order valence-electron chi connectivity index (χ2n) is 12.1. The van der Waals surface area contributed by atoms with Crippen LogP contribution in [-0.4, -0.2) is 82.9 Å². The van der Waals surface area contributed by atoms with Crippen LogP contribution < -0.4 is 5.32 Å². The molecule has 3 aliphatic rings. The second kappa shape index (κ2) is 14.8. The van der Waals surface area contributed by atoms with Crippen LogP contribution >= 0.6 is 0 Å². The van der Waals surface area contributed by atoms with Crippen LogP contribution in [0.25, 0.3) is 0 Å². The molecular formula is C30H54N2O5. The van der Waals surface area contributed by atoms with Crippen LogP contribution in [0.2, 0.25) is 0 Å². The Morgan fingerprint density at radius 2 is 1.84 bits per heavy atom. The lowest BCUT2D eigenvalue weighted by atomic mass is 9.58. The number of carbonyl (C=O) groups excluding carboxylic acids is 2. The molecule has 0 unspecified atom stereocenters. The number of rotatable bonds is 18. The maximum atomic E-state index is 12.8. The van der Waals surface area contributed by atoms with Crippen molar-refractivity contribution < 1.29 is 23.8 Å². The Labute approximate surface area is 226 Å². The third-order valence-electron chi connectivity index (χ3n) is 8.54. The third kappa shape index (κ3) is 8.35. The van der Waals surface area contributed by atoms with Gasteiger partial charge in [0.15, 0.2) is 5.78 Å². The van der Waals surface area contributed by atoms with Crippen molar-refractivity contribution in [2.75, 3.05) is 60.7 Å². The third-order valence-corrected chi connectivity index (χ3v) is 8.54. The zero-order chi connectivity index (χ0) is 27.6. The summed E-state index contributed by atoms with van der Waals surface area (Å²) >= 11 is 0. The summed E-state index contributed by atoms with van der Waals surface area (Å²) in [6, 6.07) is 0. The van der Waals surface area contributed by atoms with Crippen molar-refractivity contribution in [1.82, 2.24) is 10.2 Å². The number of Topliss-reactive ketones (excluding diaryl/α,β-unsaturated/α-hetero) is 1. The lowest BCUT2D eigenvalue weighted by Gasteiger charge is -2.53. The van der Waals surface area contributed by atoms with Crippen molar-refractivity contribution in [2.45, 2.75) is 85.2 Å². The van der Waals surface area contributed by atoms with E-state index in [1.54, 1.807) is 19.8 Å². The van der Waals surface area contributed by atoms with Crippen LogP contribution in [0.1, 0.15) is 79.6 Å². The van der Waals surface area contributed by atoms with Crippen LogP contribution in [0, 0.1) is 23.2 Å². The van der Waals surface area contributed by atoms with Crippen molar-refractivity contribution in [1.29, 1.82) is 0 Å². The van der Waals surface area contributed by atoms with E-state index in [1.165, 1.54) is 24.8 Å². The van der Waals surface area contributed by atoms with Gasteiger partial charge in [0.05, 0.1) is 31.1 Å². The number of hydrogen-bond acceptors (Lipinski definition) is 7. The van der Waals surface area contributed by atoms with Gasteiger partial charge < -0.3 is 24.4 Å². The SMILES string of the molecule is CCCC1=C(C)[C@H]2CC[C@@H]1C[C@]2(CCN(C)CCCNCC(=O)C(C)(COC)COC)OC(=O)C(C)C. The number of ether oxygens (including phenoxy) is 3. The topological polar surface area (TPSA) is 77.1 Å². The van der Waals surface area contributed by atoms with E-state index in [4.69, 9.17) is 14.2 Å². The number of nitrogens with one attached hydrogen (secondary N) is 1. The fraction of sp³-hybridized carbons (Fsp3) is 0.867. The molecule has 0 heterocycles. The maximum absolute atomic E-state index is 12.8. The number of nitrogens with zero attached hydrogens (tertiary/aromatic N) is 1. The first-order chi connectivity index (χ1) is 17.5. The monoisotopic (exact) mass is 522 g/mol. The first-order valence-corrected chi connectivity index (χ1v) is 14.4. The summed E-state index contributed by atoms with van der Waals surface area (Å²) in [7, 11) is 5.36. The zero-order valence-electron chi connectivity index (χ0n) is 24.9. The highest BCUT2D eigenvalue weighted by atomic mass is 16.6. The summed E-state index contributed by atoms with van der Waals surface area (Å²) in [5.41, 5.74) is 2.12. The lowest BCUT2D eigenvalue weighted by molar-refractivity contribution is -0.178. The molecule has 0 spiro atoms. The fourth-order valence-corrected chi connectivity index (χ4v) is 6.40. The quantitative estimate of drug-likeness (QED) is 0.160. The molecule has 2 bridgehead atoms. The van der Waals surface area contributed by atoms with Gasteiger partial charge in [-0.2, -0.15) is 0 Å². The molecule has 3 rings (SSSR count). The molecule has 7 heteroatoms. The van der Waals surface area contributed by atoms with Crippen molar-refractivity contribution in [3.63, 3.8) is 0 Å². The standard InChI is InChI=1S/C30H54N2O5/c1-9-11-25-23(4)26-13-12-24(25)18-30(26,37-28(34)22(2)3)14-17-32(6)16-10-15-31-19-27(33)29(5,20-35-7)21-36-8/h22,24,26,31H,9-21H2,1-8H3/t24-,26-,30+/m1/s1. The number of esters is 1.